The highest BCUT2D eigenvalue weighted by atomic mass is 35.5. The molecular weight excluding hydrogens is 548 g/mol. The highest BCUT2D eigenvalue weighted by Crippen LogP contribution is 2.37. The number of anilines is 2. The lowest BCUT2D eigenvalue weighted by Crippen LogP contribution is -2.49. The van der Waals surface area contributed by atoms with E-state index in [-0.39, 0.29) is 34.7 Å². The lowest BCUT2D eigenvalue weighted by molar-refractivity contribution is -0.139. The molecule has 2 atom stereocenters. The molecule has 0 spiro atoms. The topological polar surface area (TPSA) is 142 Å². The molecule has 0 aliphatic carbocycles. The lowest BCUT2D eigenvalue weighted by atomic mass is 10.0. The summed E-state index contributed by atoms with van der Waals surface area (Å²) in [5.74, 6) is -2.58. The van der Waals surface area contributed by atoms with E-state index in [0.717, 1.165) is 5.56 Å². The van der Waals surface area contributed by atoms with Gasteiger partial charge in [-0.05, 0) is 43.7 Å². The van der Waals surface area contributed by atoms with Crippen molar-refractivity contribution in [3.8, 4) is 11.3 Å². The molecule has 41 heavy (non-hydrogen) atoms. The van der Waals surface area contributed by atoms with E-state index in [1.54, 1.807) is 62.4 Å². The van der Waals surface area contributed by atoms with E-state index in [0.29, 0.717) is 16.3 Å². The van der Waals surface area contributed by atoms with Gasteiger partial charge in [0.1, 0.15) is 29.1 Å². The second-order valence-corrected chi connectivity index (χ2v) is 9.98. The summed E-state index contributed by atoms with van der Waals surface area (Å²) in [6.07, 6.45) is 0.0925. The molecular formula is C30H25ClN4O6. The Kier molecular flexibility index (Phi) is 7.58. The van der Waals surface area contributed by atoms with Crippen LogP contribution in [0.25, 0.3) is 11.3 Å². The Morgan fingerprint density at radius 2 is 1.80 bits per heavy atom. The van der Waals surface area contributed by atoms with Gasteiger partial charge in [0, 0.05) is 17.5 Å². The second kappa shape index (κ2) is 11.3. The smallest absolute Gasteiger partial charge is 0.326 e. The van der Waals surface area contributed by atoms with Gasteiger partial charge < -0.3 is 20.3 Å². The molecule has 2 unspecified atom stereocenters. The SMILES string of the molecule is Cc1onc(-c2ccccc2Cl)c1C(=O)N1c2ccc(C(=O)NC(Cc3ccccc3)C(=O)O)cc2NC(=O)C1C. The van der Waals surface area contributed by atoms with Crippen molar-refractivity contribution >= 4 is 46.7 Å². The number of carbonyl (C=O) groups excluding carboxylic acids is 3. The van der Waals surface area contributed by atoms with Crippen molar-refractivity contribution in [1.82, 2.24) is 10.5 Å². The van der Waals surface area contributed by atoms with Crippen LogP contribution in [-0.4, -0.2) is 46.0 Å². The fourth-order valence-corrected chi connectivity index (χ4v) is 4.93. The predicted molar refractivity (Wildman–Crippen MR) is 152 cm³/mol. The van der Waals surface area contributed by atoms with Gasteiger partial charge in [-0.25, -0.2) is 4.79 Å². The number of fused-ring (bicyclic) bond motifs is 1. The number of aromatic nitrogens is 1. The summed E-state index contributed by atoms with van der Waals surface area (Å²) in [5.41, 5.74) is 2.33. The standard InChI is InChI=1S/C30H25ClN4O6/c1-16-27(36)32-22-15-19(28(37)33-23(30(39)40)14-18-8-4-3-5-9-18)12-13-24(22)35(16)29(38)25-17(2)41-34-26(25)20-10-6-7-11-21(20)31/h3-13,15-16,23H,14H2,1-2H3,(H,32,36)(H,33,37)(H,39,40). The Labute approximate surface area is 239 Å². The van der Waals surface area contributed by atoms with Crippen molar-refractivity contribution in [3.05, 3.63) is 100 Å². The summed E-state index contributed by atoms with van der Waals surface area (Å²) in [6, 6.07) is 18.2. The number of rotatable bonds is 7. The third-order valence-electron chi connectivity index (χ3n) is 6.85. The van der Waals surface area contributed by atoms with Crippen molar-refractivity contribution in [2.24, 2.45) is 0 Å². The van der Waals surface area contributed by atoms with Crippen LogP contribution in [0.3, 0.4) is 0 Å². The van der Waals surface area contributed by atoms with Crippen LogP contribution in [0.1, 0.15) is 39.0 Å². The summed E-state index contributed by atoms with van der Waals surface area (Å²) in [6.45, 7) is 3.17. The van der Waals surface area contributed by atoms with Crippen LogP contribution in [0.4, 0.5) is 11.4 Å². The number of nitrogens with zero attached hydrogens (tertiary/aromatic N) is 2. The molecule has 5 rings (SSSR count). The zero-order chi connectivity index (χ0) is 29.3. The van der Waals surface area contributed by atoms with Crippen molar-refractivity contribution < 1.29 is 28.8 Å². The fourth-order valence-electron chi connectivity index (χ4n) is 4.71. The minimum Gasteiger partial charge on any atom is -0.480 e. The first-order valence-corrected chi connectivity index (χ1v) is 13.1. The molecule has 0 bridgehead atoms. The van der Waals surface area contributed by atoms with Crippen LogP contribution >= 0.6 is 11.6 Å². The maximum atomic E-state index is 14.0. The van der Waals surface area contributed by atoms with Gasteiger partial charge in [0.2, 0.25) is 5.91 Å². The van der Waals surface area contributed by atoms with Crippen LogP contribution < -0.4 is 15.5 Å². The molecule has 4 aromatic rings. The van der Waals surface area contributed by atoms with Crippen LogP contribution in [0.2, 0.25) is 5.02 Å². The first kappa shape index (κ1) is 27.6. The maximum absolute atomic E-state index is 14.0. The van der Waals surface area contributed by atoms with E-state index < -0.39 is 35.8 Å². The lowest BCUT2D eigenvalue weighted by Gasteiger charge is -2.34. The Morgan fingerprint density at radius 1 is 1.10 bits per heavy atom. The maximum Gasteiger partial charge on any atom is 0.326 e. The van der Waals surface area contributed by atoms with Gasteiger partial charge in [-0.3, -0.25) is 19.3 Å². The number of hydrogen-bond donors (Lipinski definition) is 3. The first-order chi connectivity index (χ1) is 19.7. The number of nitrogens with one attached hydrogen (secondary N) is 2. The van der Waals surface area contributed by atoms with Gasteiger partial charge in [-0.2, -0.15) is 0 Å². The number of amides is 3. The predicted octanol–water partition coefficient (Wildman–Crippen LogP) is 4.72. The van der Waals surface area contributed by atoms with Gasteiger partial charge in [-0.15, -0.1) is 0 Å². The average Bonchev–Trinajstić information content (AvgIpc) is 3.34. The Balaban J connectivity index is 1.46. The fraction of sp³-hybridized carbons (Fsp3) is 0.167. The monoisotopic (exact) mass is 572 g/mol. The van der Waals surface area contributed by atoms with Gasteiger partial charge in [-0.1, -0.05) is 65.3 Å². The number of carboxylic acids is 1. The molecule has 1 aliphatic heterocycles. The summed E-state index contributed by atoms with van der Waals surface area (Å²) in [7, 11) is 0. The van der Waals surface area contributed by atoms with E-state index in [2.05, 4.69) is 15.8 Å². The van der Waals surface area contributed by atoms with Crippen LogP contribution in [0.5, 0.6) is 0 Å². The summed E-state index contributed by atoms with van der Waals surface area (Å²) in [5, 5.41) is 19.4. The molecule has 208 valence electrons. The second-order valence-electron chi connectivity index (χ2n) is 9.57. The van der Waals surface area contributed by atoms with Gasteiger partial charge >= 0.3 is 5.97 Å². The van der Waals surface area contributed by atoms with Crippen molar-refractivity contribution in [2.75, 3.05) is 10.2 Å². The van der Waals surface area contributed by atoms with E-state index in [1.165, 1.54) is 23.1 Å². The molecule has 10 nitrogen and oxygen atoms in total. The zero-order valence-corrected chi connectivity index (χ0v) is 22.8. The minimum absolute atomic E-state index is 0.0925. The number of halogens is 1. The number of carboxylic acid groups (broad SMARTS) is 1. The molecule has 1 aromatic heterocycles. The highest BCUT2D eigenvalue weighted by molar-refractivity contribution is 6.33. The molecule has 0 radical (unpaired) electrons. The third-order valence-corrected chi connectivity index (χ3v) is 7.18. The Hall–Kier alpha value is -4.96. The largest absolute Gasteiger partial charge is 0.480 e. The summed E-state index contributed by atoms with van der Waals surface area (Å²) in [4.78, 5) is 53.1. The minimum atomic E-state index is -1.18. The first-order valence-electron chi connectivity index (χ1n) is 12.7. The molecule has 0 fully saturated rings. The Bertz CT molecular complexity index is 1670. The summed E-state index contributed by atoms with van der Waals surface area (Å²) >= 11 is 6.37. The molecule has 0 saturated carbocycles. The van der Waals surface area contributed by atoms with Gasteiger partial charge in [0.05, 0.1) is 16.4 Å². The molecule has 2 heterocycles. The van der Waals surface area contributed by atoms with E-state index in [4.69, 9.17) is 16.1 Å². The van der Waals surface area contributed by atoms with Crippen molar-refractivity contribution in [3.63, 3.8) is 0 Å². The van der Waals surface area contributed by atoms with Crippen molar-refractivity contribution in [1.29, 1.82) is 0 Å². The zero-order valence-electron chi connectivity index (χ0n) is 22.1. The molecule has 3 amide bonds. The highest BCUT2D eigenvalue weighted by Gasteiger charge is 2.38. The van der Waals surface area contributed by atoms with Gasteiger partial charge in [0.15, 0.2) is 0 Å². The number of benzene rings is 3. The number of carbonyl (C=O) groups is 4. The summed E-state index contributed by atoms with van der Waals surface area (Å²) < 4.78 is 5.36. The molecule has 3 N–H and O–H groups in total. The molecule has 1 aliphatic rings. The van der Waals surface area contributed by atoms with Crippen LogP contribution in [-0.2, 0) is 16.0 Å². The molecule has 0 saturated heterocycles. The number of aliphatic carboxylic acids is 1. The van der Waals surface area contributed by atoms with Crippen molar-refractivity contribution in [2.45, 2.75) is 32.4 Å². The number of aryl methyl sites for hydroxylation is 1. The molecule has 3 aromatic carbocycles. The third kappa shape index (κ3) is 5.42. The van der Waals surface area contributed by atoms with E-state index >= 15 is 0 Å². The van der Waals surface area contributed by atoms with E-state index in [9.17, 15) is 24.3 Å². The Morgan fingerprint density at radius 3 is 2.51 bits per heavy atom. The molecule has 11 heteroatoms. The normalized spacial score (nSPS) is 15.0. The van der Waals surface area contributed by atoms with Crippen LogP contribution in [0.15, 0.2) is 77.3 Å². The van der Waals surface area contributed by atoms with E-state index in [1.807, 2.05) is 6.07 Å². The quantitative estimate of drug-likeness (QED) is 0.291. The average molecular weight is 573 g/mol. The number of hydrogen-bond acceptors (Lipinski definition) is 6. The van der Waals surface area contributed by atoms with Gasteiger partial charge in [0.25, 0.3) is 11.8 Å². The van der Waals surface area contributed by atoms with Crippen LogP contribution in [0, 0.1) is 6.92 Å².